The van der Waals surface area contributed by atoms with Gasteiger partial charge in [0.1, 0.15) is 5.76 Å². The van der Waals surface area contributed by atoms with Gasteiger partial charge in [0.2, 0.25) is 5.91 Å². The Labute approximate surface area is 122 Å². The van der Waals surface area contributed by atoms with E-state index in [1.165, 1.54) is 0 Å². The molecule has 1 amide bonds. The fourth-order valence-electron chi connectivity index (χ4n) is 1.76. The number of rotatable bonds is 6. The maximum absolute atomic E-state index is 11.7. The summed E-state index contributed by atoms with van der Waals surface area (Å²) in [4.78, 5) is 11.7. The third-order valence-electron chi connectivity index (χ3n) is 2.91. The Morgan fingerprint density at radius 2 is 2.40 bits per heavy atom. The summed E-state index contributed by atoms with van der Waals surface area (Å²) in [7, 11) is 0. The van der Waals surface area contributed by atoms with Crippen LogP contribution in [0.25, 0.3) is 0 Å². The number of amides is 1. The summed E-state index contributed by atoms with van der Waals surface area (Å²) in [6.07, 6.45) is 4.58. The molecule has 2 heterocycles. The third-order valence-corrected chi connectivity index (χ3v) is 3.08. The van der Waals surface area contributed by atoms with Crippen LogP contribution in [0.2, 0.25) is 5.15 Å². The molecule has 0 aliphatic carbocycles. The molecule has 2 aromatic heterocycles. The zero-order chi connectivity index (χ0) is 14.5. The van der Waals surface area contributed by atoms with Crippen LogP contribution in [0.5, 0.6) is 0 Å². The summed E-state index contributed by atoms with van der Waals surface area (Å²) < 4.78 is 6.78. The minimum Gasteiger partial charge on any atom is -0.360 e. The molecule has 0 aliphatic rings. The largest absolute Gasteiger partial charge is 0.360 e. The van der Waals surface area contributed by atoms with Crippen LogP contribution in [0.15, 0.2) is 23.0 Å². The summed E-state index contributed by atoms with van der Waals surface area (Å²) >= 11 is 5.63. The summed E-state index contributed by atoms with van der Waals surface area (Å²) in [5.74, 6) is 0.578. The Bertz CT molecular complexity index is 578. The van der Waals surface area contributed by atoms with Crippen molar-refractivity contribution in [1.29, 1.82) is 0 Å². The number of aryl methyl sites for hydroxylation is 2. The molecule has 0 fully saturated rings. The number of carbonyl (C=O) groups is 1. The van der Waals surface area contributed by atoms with Gasteiger partial charge < -0.3 is 9.84 Å². The number of aromatic nitrogens is 3. The lowest BCUT2D eigenvalue weighted by atomic mass is 10.2. The number of hydrogen-bond acceptors (Lipinski definition) is 4. The molecule has 6 nitrogen and oxygen atoms in total. The molecule has 1 N–H and O–H groups in total. The second-order valence-electron chi connectivity index (χ2n) is 4.77. The van der Waals surface area contributed by atoms with E-state index >= 15 is 0 Å². The minimum absolute atomic E-state index is 0.0340. The quantitative estimate of drug-likeness (QED) is 0.886. The summed E-state index contributed by atoms with van der Waals surface area (Å²) in [5, 5.41) is 11.0. The van der Waals surface area contributed by atoms with Gasteiger partial charge in [0.25, 0.3) is 0 Å². The highest BCUT2D eigenvalue weighted by Crippen LogP contribution is 2.10. The summed E-state index contributed by atoms with van der Waals surface area (Å²) in [6.45, 7) is 4.53. The predicted octanol–water partition coefficient (Wildman–Crippen LogP) is 2.14. The second-order valence-corrected chi connectivity index (χ2v) is 5.15. The Balaban J connectivity index is 1.72. The lowest BCUT2D eigenvalue weighted by molar-refractivity contribution is -0.121. The van der Waals surface area contributed by atoms with Crippen LogP contribution < -0.4 is 5.32 Å². The van der Waals surface area contributed by atoms with E-state index in [1.807, 2.05) is 24.7 Å². The molecule has 0 aromatic carbocycles. The average Bonchev–Trinajstić information content (AvgIpc) is 3.02. The SMILES string of the molecule is Cc1cnn([C@H](C)CNC(=O)CCc2cc(Cl)no2)c1. The molecule has 2 rings (SSSR count). The number of halogens is 1. The lowest BCUT2D eigenvalue weighted by Crippen LogP contribution is -2.29. The van der Waals surface area contributed by atoms with Crippen molar-refractivity contribution < 1.29 is 9.32 Å². The smallest absolute Gasteiger partial charge is 0.220 e. The molecule has 0 saturated heterocycles. The standard InChI is InChI=1S/C13H17ClN4O2/c1-9-6-16-18(8-9)10(2)7-15-13(19)4-3-11-5-12(14)17-20-11/h5-6,8,10H,3-4,7H2,1-2H3,(H,15,19)/t10-/m1/s1. The molecule has 2 aromatic rings. The Kier molecular flexibility index (Phi) is 4.79. The summed E-state index contributed by atoms with van der Waals surface area (Å²) in [5.41, 5.74) is 1.10. The van der Waals surface area contributed by atoms with Gasteiger partial charge in [-0.2, -0.15) is 5.10 Å². The van der Waals surface area contributed by atoms with Gasteiger partial charge in [0.15, 0.2) is 5.15 Å². The van der Waals surface area contributed by atoms with Crippen molar-refractivity contribution in [2.45, 2.75) is 32.7 Å². The van der Waals surface area contributed by atoms with Crippen LogP contribution >= 0.6 is 11.6 Å². The van der Waals surface area contributed by atoms with Gasteiger partial charge in [-0.25, -0.2) is 0 Å². The fourth-order valence-corrected chi connectivity index (χ4v) is 1.92. The molecule has 0 unspecified atom stereocenters. The van der Waals surface area contributed by atoms with E-state index in [0.29, 0.717) is 30.3 Å². The van der Waals surface area contributed by atoms with Crippen LogP contribution in [0.3, 0.4) is 0 Å². The van der Waals surface area contributed by atoms with Gasteiger partial charge in [-0.1, -0.05) is 16.8 Å². The van der Waals surface area contributed by atoms with Crippen molar-refractivity contribution in [3.63, 3.8) is 0 Å². The van der Waals surface area contributed by atoms with E-state index in [9.17, 15) is 4.79 Å². The first-order valence-corrected chi connectivity index (χ1v) is 6.81. The first-order valence-electron chi connectivity index (χ1n) is 6.43. The van der Waals surface area contributed by atoms with E-state index in [-0.39, 0.29) is 11.9 Å². The second kappa shape index (κ2) is 6.56. The van der Waals surface area contributed by atoms with Crippen LogP contribution in [0.4, 0.5) is 0 Å². The van der Waals surface area contributed by atoms with Crippen LogP contribution in [0, 0.1) is 6.92 Å². The van der Waals surface area contributed by atoms with E-state index < -0.39 is 0 Å². The van der Waals surface area contributed by atoms with Crippen molar-refractivity contribution >= 4 is 17.5 Å². The Hall–Kier alpha value is -1.82. The topological polar surface area (TPSA) is 73.0 Å². The van der Waals surface area contributed by atoms with E-state index in [2.05, 4.69) is 15.6 Å². The maximum Gasteiger partial charge on any atom is 0.220 e. The van der Waals surface area contributed by atoms with E-state index in [1.54, 1.807) is 12.3 Å². The first-order chi connectivity index (χ1) is 9.54. The van der Waals surface area contributed by atoms with Crippen molar-refractivity contribution in [2.75, 3.05) is 6.54 Å². The van der Waals surface area contributed by atoms with E-state index in [4.69, 9.17) is 16.1 Å². The zero-order valence-electron chi connectivity index (χ0n) is 11.5. The fraction of sp³-hybridized carbons (Fsp3) is 0.462. The number of nitrogens with one attached hydrogen (secondary N) is 1. The number of nitrogens with zero attached hydrogens (tertiary/aromatic N) is 3. The lowest BCUT2D eigenvalue weighted by Gasteiger charge is -2.13. The van der Waals surface area contributed by atoms with Gasteiger partial charge in [-0.05, 0) is 19.4 Å². The molecule has 0 saturated carbocycles. The summed E-state index contributed by atoms with van der Waals surface area (Å²) in [6, 6.07) is 1.73. The highest BCUT2D eigenvalue weighted by Gasteiger charge is 2.09. The van der Waals surface area contributed by atoms with Crippen LogP contribution in [-0.2, 0) is 11.2 Å². The average molecular weight is 297 g/mol. The minimum atomic E-state index is -0.0340. The van der Waals surface area contributed by atoms with Gasteiger partial charge in [-0.3, -0.25) is 9.48 Å². The molecule has 0 radical (unpaired) electrons. The molecule has 0 aliphatic heterocycles. The molecule has 7 heteroatoms. The highest BCUT2D eigenvalue weighted by molar-refractivity contribution is 6.29. The van der Waals surface area contributed by atoms with Crippen molar-refractivity contribution in [3.8, 4) is 0 Å². The van der Waals surface area contributed by atoms with Gasteiger partial charge in [0.05, 0.1) is 12.2 Å². The molecular formula is C13H17ClN4O2. The normalized spacial score (nSPS) is 12.3. The highest BCUT2D eigenvalue weighted by atomic mass is 35.5. The third kappa shape index (κ3) is 4.09. The van der Waals surface area contributed by atoms with Crippen LogP contribution in [-0.4, -0.2) is 27.4 Å². The molecule has 108 valence electrons. The maximum atomic E-state index is 11.7. The molecule has 1 atom stereocenters. The molecule has 20 heavy (non-hydrogen) atoms. The number of hydrogen-bond donors (Lipinski definition) is 1. The van der Waals surface area contributed by atoms with Crippen molar-refractivity contribution in [2.24, 2.45) is 0 Å². The van der Waals surface area contributed by atoms with Gasteiger partial charge in [-0.15, -0.1) is 0 Å². The van der Waals surface area contributed by atoms with Gasteiger partial charge >= 0.3 is 0 Å². The predicted molar refractivity (Wildman–Crippen MR) is 74.5 cm³/mol. The zero-order valence-corrected chi connectivity index (χ0v) is 12.2. The molecule has 0 spiro atoms. The van der Waals surface area contributed by atoms with E-state index in [0.717, 1.165) is 5.56 Å². The van der Waals surface area contributed by atoms with Crippen LogP contribution in [0.1, 0.15) is 30.7 Å². The Morgan fingerprint density at radius 3 is 3.00 bits per heavy atom. The first kappa shape index (κ1) is 14.6. The molecule has 0 bridgehead atoms. The monoisotopic (exact) mass is 296 g/mol. The number of carbonyl (C=O) groups excluding carboxylic acids is 1. The van der Waals surface area contributed by atoms with Gasteiger partial charge in [0, 0.05) is 31.6 Å². The molecular weight excluding hydrogens is 280 g/mol. The van der Waals surface area contributed by atoms with Crippen molar-refractivity contribution in [1.82, 2.24) is 20.3 Å². The van der Waals surface area contributed by atoms with Crippen molar-refractivity contribution in [3.05, 3.63) is 34.9 Å². The Morgan fingerprint density at radius 1 is 1.60 bits per heavy atom.